The molecule has 2 aliphatic carbocycles. The van der Waals surface area contributed by atoms with E-state index in [9.17, 15) is 4.79 Å². The summed E-state index contributed by atoms with van der Waals surface area (Å²) in [6.07, 6.45) is 7.00. The Labute approximate surface area is 143 Å². The molecular weight excluding hydrogens is 304 g/mol. The van der Waals surface area contributed by atoms with Gasteiger partial charge >= 0.3 is 0 Å². The van der Waals surface area contributed by atoms with Crippen molar-refractivity contribution < 1.29 is 4.79 Å². The molecule has 3 fully saturated rings. The molecule has 1 aromatic carbocycles. The average Bonchev–Trinajstić information content (AvgIpc) is 3.48. The molecule has 0 aromatic heterocycles. The Morgan fingerprint density at radius 1 is 1.26 bits per heavy atom. The largest absolute Gasteiger partial charge is 0.341 e. The first-order valence-electron chi connectivity index (χ1n) is 8.84. The summed E-state index contributed by atoms with van der Waals surface area (Å²) in [5, 5.41) is 0. The Kier molecular flexibility index (Phi) is 4.14. The van der Waals surface area contributed by atoms with Crippen molar-refractivity contribution in [3.8, 4) is 0 Å². The number of amides is 1. The van der Waals surface area contributed by atoms with Crippen molar-refractivity contribution >= 4 is 17.7 Å². The molecule has 0 radical (unpaired) electrons. The van der Waals surface area contributed by atoms with Gasteiger partial charge in [0, 0.05) is 43.5 Å². The Balaban J connectivity index is 1.32. The molecule has 1 spiro atoms. The van der Waals surface area contributed by atoms with Crippen LogP contribution in [0.25, 0.3) is 0 Å². The minimum atomic E-state index is 0.382. The summed E-state index contributed by atoms with van der Waals surface area (Å²) in [6, 6.07) is 8.82. The van der Waals surface area contributed by atoms with Gasteiger partial charge in [0.25, 0.3) is 0 Å². The molecule has 124 valence electrons. The number of benzene rings is 1. The van der Waals surface area contributed by atoms with Crippen LogP contribution >= 0.6 is 11.8 Å². The third-order valence-corrected chi connectivity index (χ3v) is 6.55. The van der Waals surface area contributed by atoms with E-state index in [0.717, 1.165) is 39.1 Å². The van der Waals surface area contributed by atoms with E-state index in [1.807, 2.05) is 0 Å². The van der Waals surface area contributed by atoms with Crippen molar-refractivity contribution in [1.82, 2.24) is 9.80 Å². The Morgan fingerprint density at radius 2 is 2.13 bits per heavy atom. The molecule has 4 rings (SSSR count). The number of hydrogen-bond acceptors (Lipinski definition) is 3. The SMILES string of the molecule is CSc1cccc(CN2CCCN(C(=O)C3CC34CC4)CC2)c1. The van der Waals surface area contributed by atoms with E-state index in [2.05, 4.69) is 40.3 Å². The van der Waals surface area contributed by atoms with Crippen molar-refractivity contribution in [2.75, 3.05) is 32.4 Å². The van der Waals surface area contributed by atoms with Crippen LogP contribution in [0.4, 0.5) is 0 Å². The second-order valence-corrected chi connectivity index (χ2v) is 8.31. The monoisotopic (exact) mass is 330 g/mol. The van der Waals surface area contributed by atoms with Crippen LogP contribution < -0.4 is 0 Å². The summed E-state index contributed by atoms with van der Waals surface area (Å²) in [4.78, 5) is 18.6. The minimum absolute atomic E-state index is 0.382. The Hall–Kier alpha value is -1.00. The van der Waals surface area contributed by atoms with Crippen LogP contribution in [-0.2, 0) is 11.3 Å². The summed E-state index contributed by atoms with van der Waals surface area (Å²) in [7, 11) is 0. The lowest BCUT2D eigenvalue weighted by molar-refractivity contribution is -0.132. The van der Waals surface area contributed by atoms with Gasteiger partial charge < -0.3 is 4.90 Å². The summed E-state index contributed by atoms with van der Waals surface area (Å²) in [6.45, 7) is 4.97. The molecule has 23 heavy (non-hydrogen) atoms. The first-order valence-corrected chi connectivity index (χ1v) is 10.1. The first-order chi connectivity index (χ1) is 11.2. The van der Waals surface area contributed by atoms with Crippen molar-refractivity contribution in [3.63, 3.8) is 0 Å². The molecule has 2 saturated carbocycles. The van der Waals surface area contributed by atoms with E-state index < -0.39 is 0 Å². The number of hydrogen-bond donors (Lipinski definition) is 0. The quantitative estimate of drug-likeness (QED) is 0.792. The highest BCUT2D eigenvalue weighted by Crippen LogP contribution is 2.70. The Morgan fingerprint density at radius 3 is 2.87 bits per heavy atom. The average molecular weight is 330 g/mol. The van der Waals surface area contributed by atoms with Crippen LogP contribution in [-0.4, -0.2) is 48.1 Å². The number of rotatable bonds is 4. The summed E-state index contributed by atoms with van der Waals surface area (Å²) in [5.74, 6) is 0.834. The van der Waals surface area contributed by atoms with Crippen molar-refractivity contribution in [2.45, 2.75) is 37.1 Å². The van der Waals surface area contributed by atoms with Crippen LogP contribution in [0.5, 0.6) is 0 Å². The fraction of sp³-hybridized carbons (Fsp3) is 0.632. The summed E-state index contributed by atoms with van der Waals surface area (Å²) < 4.78 is 0. The van der Waals surface area contributed by atoms with Crippen LogP contribution in [0.2, 0.25) is 0 Å². The third kappa shape index (κ3) is 3.29. The maximum absolute atomic E-state index is 12.6. The van der Waals surface area contributed by atoms with Crippen LogP contribution in [0.3, 0.4) is 0 Å². The zero-order valence-corrected chi connectivity index (χ0v) is 14.8. The molecule has 0 N–H and O–H groups in total. The predicted molar refractivity (Wildman–Crippen MR) is 94.5 cm³/mol. The topological polar surface area (TPSA) is 23.6 Å². The number of carbonyl (C=O) groups excluding carboxylic acids is 1. The lowest BCUT2D eigenvalue weighted by atomic mass is 10.2. The fourth-order valence-electron chi connectivity index (χ4n) is 4.01. The second kappa shape index (κ2) is 6.14. The molecular formula is C19H26N2OS. The maximum atomic E-state index is 12.6. The van der Waals surface area contributed by atoms with Crippen LogP contribution in [0, 0.1) is 11.3 Å². The minimum Gasteiger partial charge on any atom is -0.341 e. The highest BCUT2D eigenvalue weighted by atomic mass is 32.2. The molecule has 1 amide bonds. The van der Waals surface area contributed by atoms with E-state index >= 15 is 0 Å². The molecule has 4 heteroatoms. The van der Waals surface area contributed by atoms with Gasteiger partial charge in [0.1, 0.15) is 0 Å². The number of thioether (sulfide) groups is 1. The highest BCUT2D eigenvalue weighted by molar-refractivity contribution is 7.98. The normalized spacial score (nSPS) is 26.1. The zero-order chi connectivity index (χ0) is 15.9. The molecule has 0 bridgehead atoms. The van der Waals surface area contributed by atoms with Gasteiger partial charge in [0.05, 0.1) is 0 Å². The van der Waals surface area contributed by atoms with Gasteiger partial charge in [-0.3, -0.25) is 9.69 Å². The second-order valence-electron chi connectivity index (χ2n) is 7.43. The van der Waals surface area contributed by atoms with E-state index in [0.29, 0.717) is 17.2 Å². The molecule has 3 nitrogen and oxygen atoms in total. The number of carbonyl (C=O) groups is 1. The van der Waals surface area contributed by atoms with E-state index in [4.69, 9.17) is 0 Å². The standard InChI is InChI=1S/C19H26N2OS/c1-23-16-5-2-4-15(12-16)14-20-8-3-9-21(11-10-20)18(22)17-13-19(17)6-7-19/h2,4-5,12,17H,3,6-11,13-14H2,1H3. The maximum Gasteiger partial charge on any atom is 0.226 e. The van der Waals surface area contributed by atoms with Gasteiger partial charge in [-0.1, -0.05) is 12.1 Å². The Bertz CT molecular complexity index is 599. The van der Waals surface area contributed by atoms with Gasteiger partial charge in [-0.2, -0.15) is 0 Å². The van der Waals surface area contributed by atoms with E-state index in [1.54, 1.807) is 11.8 Å². The van der Waals surface area contributed by atoms with E-state index in [-0.39, 0.29) is 0 Å². The van der Waals surface area contributed by atoms with E-state index in [1.165, 1.54) is 29.7 Å². The smallest absolute Gasteiger partial charge is 0.226 e. The summed E-state index contributed by atoms with van der Waals surface area (Å²) in [5.41, 5.74) is 1.87. The molecule has 1 unspecified atom stereocenters. The fourth-order valence-corrected chi connectivity index (χ4v) is 4.49. The van der Waals surface area contributed by atoms with Crippen LogP contribution in [0.15, 0.2) is 29.2 Å². The van der Waals surface area contributed by atoms with Gasteiger partial charge in [0.15, 0.2) is 0 Å². The molecule has 1 aliphatic heterocycles. The highest BCUT2D eigenvalue weighted by Gasteiger charge is 2.66. The van der Waals surface area contributed by atoms with Crippen molar-refractivity contribution in [3.05, 3.63) is 29.8 Å². The third-order valence-electron chi connectivity index (χ3n) is 5.82. The molecule has 3 aliphatic rings. The molecule has 1 saturated heterocycles. The molecule has 1 heterocycles. The van der Waals surface area contributed by atoms with Crippen molar-refractivity contribution in [1.29, 1.82) is 0 Å². The zero-order valence-electron chi connectivity index (χ0n) is 14.0. The summed E-state index contributed by atoms with van der Waals surface area (Å²) >= 11 is 1.80. The van der Waals surface area contributed by atoms with Gasteiger partial charge in [0.2, 0.25) is 5.91 Å². The molecule has 1 atom stereocenters. The van der Waals surface area contributed by atoms with Crippen molar-refractivity contribution in [2.24, 2.45) is 11.3 Å². The lowest BCUT2D eigenvalue weighted by Gasteiger charge is -2.22. The van der Waals surface area contributed by atoms with Crippen LogP contribution in [0.1, 0.15) is 31.2 Å². The van der Waals surface area contributed by atoms with Gasteiger partial charge in [-0.15, -0.1) is 11.8 Å². The number of nitrogens with zero attached hydrogens (tertiary/aromatic N) is 2. The lowest BCUT2D eigenvalue weighted by Crippen LogP contribution is -2.36. The molecule has 1 aromatic rings. The van der Waals surface area contributed by atoms with Gasteiger partial charge in [-0.25, -0.2) is 0 Å². The predicted octanol–water partition coefficient (Wildman–Crippen LogP) is 3.24. The van der Waals surface area contributed by atoms with Gasteiger partial charge in [-0.05, 0) is 55.1 Å². The first kappa shape index (κ1) is 15.5.